The molecule has 3 rings (SSSR count). The van der Waals surface area contributed by atoms with E-state index in [1.807, 2.05) is 6.92 Å². The summed E-state index contributed by atoms with van der Waals surface area (Å²) in [6, 6.07) is 7.99. The summed E-state index contributed by atoms with van der Waals surface area (Å²) < 4.78 is 6.68. The van der Waals surface area contributed by atoms with Crippen LogP contribution in [0.3, 0.4) is 0 Å². The number of hydrogen-bond donors (Lipinski definition) is 1. The first-order valence-electron chi connectivity index (χ1n) is 8.85. The Morgan fingerprint density at radius 3 is 2.81 bits per heavy atom. The van der Waals surface area contributed by atoms with E-state index in [0.29, 0.717) is 35.3 Å². The van der Waals surface area contributed by atoms with Gasteiger partial charge >= 0.3 is 5.97 Å². The molecule has 1 aliphatic heterocycles. The van der Waals surface area contributed by atoms with Crippen LogP contribution in [-0.4, -0.2) is 33.8 Å². The van der Waals surface area contributed by atoms with Crippen LogP contribution in [0.25, 0.3) is 0 Å². The van der Waals surface area contributed by atoms with E-state index in [0.717, 1.165) is 12.8 Å². The van der Waals surface area contributed by atoms with Crippen molar-refractivity contribution in [1.82, 2.24) is 9.55 Å². The summed E-state index contributed by atoms with van der Waals surface area (Å²) in [5.74, 6) is -0.303. The van der Waals surface area contributed by atoms with Gasteiger partial charge in [-0.15, -0.1) is 0 Å². The number of thioether (sulfide) groups is 1. The molecule has 0 saturated heterocycles. The number of hydrogen-bond acceptors (Lipinski definition) is 6. The van der Waals surface area contributed by atoms with Crippen LogP contribution < -0.4 is 10.9 Å². The lowest BCUT2D eigenvalue weighted by atomic mass is 10.1. The second kappa shape index (κ2) is 8.85. The molecule has 2 aromatic rings. The molecule has 0 saturated carbocycles. The quantitative estimate of drug-likeness (QED) is 0.465. The number of esters is 1. The molecule has 0 bridgehead atoms. The maximum absolute atomic E-state index is 12.5. The van der Waals surface area contributed by atoms with E-state index in [2.05, 4.69) is 10.3 Å². The fourth-order valence-electron chi connectivity index (χ4n) is 2.64. The smallest absolute Gasteiger partial charge is 0.338 e. The molecule has 1 aliphatic rings. The van der Waals surface area contributed by atoms with Gasteiger partial charge in [0.1, 0.15) is 0 Å². The van der Waals surface area contributed by atoms with Crippen molar-refractivity contribution < 1.29 is 14.3 Å². The fraction of sp³-hybridized carbons (Fsp3) is 0.368. The summed E-state index contributed by atoms with van der Waals surface area (Å²) in [7, 11) is 0. The minimum atomic E-state index is -0.367. The van der Waals surface area contributed by atoms with E-state index in [4.69, 9.17) is 4.74 Å². The molecule has 142 valence electrons. The number of fused-ring (bicyclic) bond motifs is 1. The average Bonchev–Trinajstić information content (AvgIpc) is 2.68. The van der Waals surface area contributed by atoms with E-state index in [1.54, 1.807) is 24.3 Å². The zero-order valence-corrected chi connectivity index (χ0v) is 15.8. The third-order valence-corrected chi connectivity index (χ3v) is 5.36. The number of unbranched alkanes of at least 4 members (excludes halogenated alkanes) is 1. The van der Waals surface area contributed by atoms with Gasteiger partial charge in [-0.1, -0.05) is 25.1 Å². The first-order valence-corrected chi connectivity index (χ1v) is 9.83. The van der Waals surface area contributed by atoms with E-state index < -0.39 is 0 Å². The van der Waals surface area contributed by atoms with Crippen molar-refractivity contribution in [1.29, 1.82) is 0 Å². The minimum Gasteiger partial charge on any atom is -0.462 e. The van der Waals surface area contributed by atoms with Crippen LogP contribution in [0.5, 0.6) is 0 Å². The van der Waals surface area contributed by atoms with Crippen LogP contribution in [0.1, 0.15) is 30.1 Å². The summed E-state index contributed by atoms with van der Waals surface area (Å²) >= 11 is 1.40. The Morgan fingerprint density at radius 2 is 2.07 bits per heavy atom. The molecule has 0 spiro atoms. The van der Waals surface area contributed by atoms with E-state index in [9.17, 15) is 14.4 Å². The van der Waals surface area contributed by atoms with Gasteiger partial charge in [0, 0.05) is 30.2 Å². The van der Waals surface area contributed by atoms with Gasteiger partial charge < -0.3 is 10.1 Å². The van der Waals surface area contributed by atoms with Gasteiger partial charge in [0.2, 0.25) is 5.91 Å². The average molecular weight is 387 g/mol. The normalized spacial score (nSPS) is 15.7. The van der Waals surface area contributed by atoms with Gasteiger partial charge in [-0.25, -0.2) is 9.78 Å². The maximum atomic E-state index is 12.5. The molecule has 0 aliphatic carbocycles. The molecular weight excluding hydrogens is 366 g/mol. The highest BCUT2D eigenvalue weighted by molar-refractivity contribution is 7.99. The highest BCUT2D eigenvalue weighted by Crippen LogP contribution is 2.25. The summed E-state index contributed by atoms with van der Waals surface area (Å²) in [6.07, 6.45) is 3.28. The van der Waals surface area contributed by atoms with Gasteiger partial charge in [-0.3, -0.25) is 14.2 Å². The number of nitrogens with zero attached hydrogens (tertiary/aromatic N) is 2. The number of aromatic nitrogens is 2. The van der Waals surface area contributed by atoms with E-state index >= 15 is 0 Å². The van der Waals surface area contributed by atoms with Gasteiger partial charge in [0.05, 0.1) is 18.1 Å². The van der Waals surface area contributed by atoms with Crippen molar-refractivity contribution in [2.75, 3.05) is 17.7 Å². The van der Waals surface area contributed by atoms with Crippen LogP contribution in [0.4, 0.5) is 5.69 Å². The molecule has 1 aromatic carbocycles. The Morgan fingerprint density at radius 1 is 1.30 bits per heavy atom. The lowest BCUT2D eigenvalue weighted by Crippen LogP contribution is -2.36. The molecule has 1 amide bonds. The number of amides is 1. The SMILES string of the molecule is CCCCOC(=O)c1ccc(NC(=O)C2CSc3nccc(=O)n3C2)cc1. The van der Waals surface area contributed by atoms with Gasteiger partial charge in [0.25, 0.3) is 5.56 Å². The lowest BCUT2D eigenvalue weighted by molar-refractivity contribution is -0.119. The summed E-state index contributed by atoms with van der Waals surface area (Å²) in [5, 5.41) is 3.48. The van der Waals surface area contributed by atoms with Crippen LogP contribution in [0, 0.1) is 5.92 Å². The van der Waals surface area contributed by atoms with Crippen molar-refractivity contribution in [2.24, 2.45) is 5.92 Å². The third kappa shape index (κ3) is 4.77. The predicted molar refractivity (Wildman–Crippen MR) is 103 cm³/mol. The van der Waals surface area contributed by atoms with Crippen molar-refractivity contribution in [2.45, 2.75) is 31.5 Å². The molecule has 0 radical (unpaired) electrons. The Hall–Kier alpha value is -2.61. The fourth-order valence-corrected chi connectivity index (χ4v) is 3.70. The summed E-state index contributed by atoms with van der Waals surface area (Å²) in [4.78, 5) is 40.5. The van der Waals surface area contributed by atoms with Crippen LogP contribution in [-0.2, 0) is 16.1 Å². The molecular formula is C19H21N3O4S. The Labute approximate surface area is 161 Å². The Balaban J connectivity index is 1.59. The van der Waals surface area contributed by atoms with Gasteiger partial charge in [-0.05, 0) is 30.7 Å². The third-order valence-electron chi connectivity index (χ3n) is 4.21. The first-order chi connectivity index (χ1) is 13.1. The van der Waals surface area contributed by atoms with Crippen LogP contribution >= 0.6 is 11.8 Å². The molecule has 1 N–H and O–H groups in total. The van der Waals surface area contributed by atoms with Gasteiger partial charge in [-0.2, -0.15) is 0 Å². The molecule has 7 nitrogen and oxygen atoms in total. The molecule has 2 heterocycles. The maximum Gasteiger partial charge on any atom is 0.338 e. The van der Waals surface area contributed by atoms with E-state index in [-0.39, 0.29) is 23.4 Å². The predicted octanol–water partition coefficient (Wildman–Crippen LogP) is 2.56. The summed E-state index contributed by atoms with van der Waals surface area (Å²) in [6.45, 7) is 2.74. The van der Waals surface area contributed by atoms with E-state index in [1.165, 1.54) is 28.6 Å². The number of ether oxygens (including phenoxy) is 1. The van der Waals surface area contributed by atoms with Crippen molar-refractivity contribution in [3.05, 3.63) is 52.4 Å². The number of benzene rings is 1. The number of anilines is 1. The largest absolute Gasteiger partial charge is 0.462 e. The topological polar surface area (TPSA) is 90.3 Å². The minimum absolute atomic E-state index is 0.157. The standard InChI is InChI=1S/C19H21N3O4S/c1-2-3-10-26-18(25)13-4-6-15(7-5-13)21-17(24)14-11-22-16(23)8-9-20-19(22)27-12-14/h4-9,14H,2-3,10-12H2,1H3,(H,21,24). The summed E-state index contributed by atoms with van der Waals surface area (Å²) in [5.41, 5.74) is 0.888. The van der Waals surface area contributed by atoms with Crippen LogP contribution in [0.15, 0.2) is 46.5 Å². The lowest BCUT2D eigenvalue weighted by Gasteiger charge is -2.23. The first kappa shape index (κ1) is 19.2. The highest BCUT2D eigenvalue weighted by atomic mass is 32.2. The zero-order chi connectivity index (χ0) is 19.2. The second-order valence-corrected chi connectivity index (χ2v) is 7.23. The molecule has 1 unspecified atom stereocenters. The molecule has 0 fully saturated rings. The Kier molecular flexibility index (Phi) is 6.28. The number of rotatable bonds is 6. The Bertz CT molecular complexity index is 879. The van der Waals surface area contributed by atoms with Crippen LogP contribution in [0.2, 0.25) is 0 Å². The molecule has 1 aromatic heterocycles. The number of carbonyl (C=O) groups excluding carboxylic acids is 2. The highest BCUT2D eigenvalue weighted by Gasteiger charge is 2.26. The molecule has 8 heteroatoms. The van der Waals surface area contributed by atoms with Crippen molar-refractivity contribution in [3.8, 4) is 0 Å². The molecule has 27 heavy (non-hydrogen) atoms. The monoisotopic (exact) mass is 387 g/mol. The van der Waals surface area contributed by atoms with Crippen molar-refractivity contribution >= 4 is 29.3 Å². The zero-order valence-electron chi connectivity index (χ0n) is 15.0. The van der Waals surface area contributed by atoms with Crippen molar-refractivity contribution in [3.63, 3.8) is 0 Å². The van der Waals surface area contributed by atoms with Gasteiger partial charge in [0.15, 0.2) is 5.16 Å². The second-order valence-electron chi connectivity index (χ2n) is 6.24. The number of carbonyl (C=O) groups is 2. The number of nitrogens with one attached hydrogen (secondary N) is 1. The molecule has 1 atom stereocenters.